The number of hydrogen-bond donors (Lipinski definition) is 2. The van der Waals surface area contributed by atoms with Crippen LogP contribution in [-0.2, 0) is 19.1 Å². The van der Waals surface area contributed by atoms with Gasteiger partial charge in [0.2, 0.25) is 11.8 Å². The molecule has 2 fully saturated rings. The molecule has 0 aromatic rings. The third-order valence-corrected chi connectivity index (χ3v) is 4.81. The molecule has 0 bridgehead atoms. The molecule has 2 heterocycles. The standard InChI is InChI=1S/C19H33N3O5/c1-19(2,3)27-18(25)20-13-16(23)21-15-4-8-22(9-5-15)17(24)12-14-6-10-26-11-7-14/h14-15H,4-13H2,1-3H3,(H,20,25)(H,21,23). The van der Waals surface area contributed by atoms with Gasteiger partial charge in [-0.15, -0.1) is 0 Å². The first-order valence-corrected chi connectivity index (χ1v) is 9.84. The Kier molecular flexibility index (Phi) is 7.89. The van der Waals surface area contributed by atoms with Crippen LogP contribution in [0.1, 0.15) is 52.9 Å². The molecule has 2 rings (SSSR count). The van der Waals surface area contributed by atoms with Gasteiger partial charge >= 0.3 is 6.09 Å². The first-order valence-electron chi connectivity index (χ1n) is 9.84. The molecule has 0 aliphatic carbocycles. The lowest BCUT2D eigenvalue weighted by Crippen LogP contribution is -2.49. The largest absolute Gasteiger partial charge is 0.444 e. The van der Waals surface area contributed by atoms with Gasteiger partial charge in [0.05, 0.1) is 0 Å². The second-order valence-corrected chi connectivity index (χ2v) is 8.34. The summed E-state index contributed by atoms with van der Waals surface area (Å²) in [5, 5.41) is 5.37. The van der Waals surface area contributed by atoms with E-state index in [1.807, 2.05) is 4.90 Å². The Balaban J connectivity index is 1.62. The van der Waals surface area contributed by atoms with Gasteiger partial charge in [0.15, 0.2) is 0 Å². The summed E-state index contributed by atoms with van der Waals surface area (Å²) in [6, 6.07) is 0.0325. The molecular weight excluding hydrogens is 350 g/mol. The fourth-order valence-electron chi connectivity index (χ4n) is 3.35. The number of carbonyl (C=O) groups excluding carboxylic acids is 3. The highest BCUT2D eigenvalue weighted by atomic mass is 16.6. The Morgan fingerprint density at radius 3 is 2.30 bits per heavy atom. The van der Waals surface area contributed by atoms with Crippen molar-refractivity contribution in [1.29, 1.82) is 0 Å². The summed E-state index contributed by atoms with van der Waals surface area (Å²) in [5.41, 5.74) is -0.593. The number of amides is 3. The van der Waals surface area contributed by atoms with Crippen molar-refractivity contribution >= 4 is 17.9 Å². The monoisotopic (exact) mass is 383 g/mol. The Labute approximate surface area is 161 Å². The normalized spacial score (nSPS) is 19.4. The fraction of sp³-hybridized carbons (Fsp3) is 0.842. The molecule has 0 aromatic heterocycles. The Morgan fingerprint density at radius 2 is 1.70 bits per heavy atom. The average molecular weight is 383 g/mol. The molecular formula is C19H33N3O5. The van der Waals surface area contributed by atoms with Gasteiger partial charge in [0, 0.05) is 38.8 Å². The van der Waals surface area contributed by atoms with E-state index < -0.39 is 11.7 Å². The van der Waals surface area contributed by atoms with Crippen LogP contribution in [0.5, 0.6) is 0 Å². The summed E-state index contributed by atoms with van der Waals surface area (Å²) >= 11 is 0. The number of carbonyl (C=O) groups is 3. The molecule has 2 aliphatic rings. The maximum atomic E-state index is 12.4. The van der Waals surface area contributed by atoms with Crippen molar-refractivity contribution in [2.75, 3.05) is 32.8 Å². The highest BCUT2D eigenvalue weighted by Gasteiger charge is 2.26. The molecule has 8 nitrogen and oxygen atoms in total. The second-order valence-electron chi connectivity index (χ2n) is 8.34. The van der Waals surface area contributed by atoms with Gasteiger partial charge in [-0.3, -0.25) is 9.59 Å². The van der Waals surface area contributed by atoms with Gasteiger partial charge in [-0.2, -0.15) is 0 Å². The molecule has 0 aromatic carbocycles. The first-order chi connectivity index (χ1) is 12.7. The van der Waals surface area contributed by atoms with Gasteiger partial charge in [-0.1, -0.05) is 0 Å². The van der Waals surface area contributed by atoms with Gasteiger partial charge in [-0.05, 0) is 52.4 Å². The zero-order valence-corrected chi connectivity index (χ0v) is 16.7. The molecule has 27 heavy (non-hydrogen) atoms. The number of piperidine rings is 1. The molecule has 0 saturated carbocycles. The predicted molar refractivity (Wildman–Crippen MR) is 100 cm³/mol. The fourth-order valence-corrected chi connectivity index (χ4v) is 3.35. The van der Waals surface area contributed by atoms with Crippen molar-refractivity contribution in [3.05, 3.63) is 0 Å². The smallest absolute Gasteiger partial charge is 0.408 e. The zero-order chi connectivity index (χ0) is 19.9. The van der Waals surface area contributed by atoms with Crippen molar-refractivity contribution < 1.29 is 23.9 Å². The predicted octanol–water partition coefficient (Wildman–Crippen LogP) is 1.44. The number of alkyl carbamates (subject to hydrolysis) is 1. The van der Waals surface area contributed by atoms with E-state index in [1.54, 1.807) is 20.8 Å². The Bertz CT molecular complexity index is 518. The van der Waals surface area contributed by atoms with Crippen LogP contribution in [0.3, 0.4) is 0 Å². The quantitative estimate of drug-likeness (QED) is 0.749. The Hall–Kier alpha value is -1.83. The third-order valence-electron chi connectivity index (χ3n) is 4.81. The SMILES string of the molecule is CC(C)(C)OC(=O)NCC(=O)NC1CCN(C(=O)CC2CCOCC2)CC1. The number of nitrogens with zero attached hydrogens (tertiary/aromatic N) is 1. The summed E-state index contributed by atoms with van der Waals surface area (Å²) in [6.07, 6.45) is 3.38. The van der Waals surface area contributed by atoms with Crippen molar-refractivity contribution in [2.24, 2.45) is 5.92 Å². The van der Waals surface area contributed by atoms with E-state index in [0.29, 0.717) is 25.4 Å². The van der Waals surface area contributed by atoms with Gasteiger partial charge < -0.3 is 25.0 Å². The van der Waals surface area contributed by atoms with E-state index in [2.05, 4.69) is 10.6 Å². The van der Waals surface area contributed by atoms with Crippen LogP contribution in [0.2, 0.25) is 0 Å². The van der Waals surface area contributed by atoms with Crippen LogP contribution < -0.4 is 10.6 Å². The van der Waals surface area contributed by atoms with E-state index in [1.165, 1.54) is 0 Å². The lowest BCUT2D eigenvalue weighted by Gasteiger charge is -2.33. The van der Waals surface area contributed by atoms with Crippen molar-refractivity contribution in [3.63, 3.8) is 0 Å². The summed E-state index contributed by atoms with van der Waals surface area (Å²) in [7, 11) is 0. The molecule has 3 amide bonds. The van der Waals surface area contributed by atoms with E-state index in [-0.39, 0.29) is 24.4 Å². The molecule has 0 unspecified atom stereocenters. The number of hydrogen-bond acceptors (Lipinski definition) is 5. The average Bonchev–Trinajstić information content (AvgIpc) is 2.60. The zero-order valence-electron chi connectivity index (χ0n) is 16.7. The van der Waals surface area contributed by atoms with Crippen molar-refractivity contribution in [3.8, 4) is 0 Å². The first kappa shape index (κ1) is 21.5. The summed E-state index contributed by atoms with van der Waals surface area (Å²) < 4.78 is 10.4. The summed E-state index contributed by atoms with van der Waals surface area (Å²) in [5.74, 6) is 0.397. The topological polar surface area (TPSA) is 97.0 Å². The lowest BCUT2D eigenvalue weighted by molar-refractivity contribution is -0.134. The van der Waals surface area contributed by atoms with E-state index >= 15 is 0 Å². The van der Waals surface area contributed by atoms with E-state index in [4.69, 9.17) is 9.47 Å². The van der Waals surface area contributed by atoms with Crippen LogP contribution in [0.4, 0.5) is 4.79 Å². The minimum absolute atomic E-state index is 0.0325. The highest BCUT2D eigenvalue weighted by molar-refractivity contribution is 5.82. The highest BCUT2D eigenvalue weighted by Crippen LogP contribution is 2.21. The lowest BCUT2D eigenvalue weighted by atomic mass is 9.95. The number of likely N-dealkylation sites (tertiary alicyclic amines) is 1. The molecule has 8 heteroatoms. The Morgan fingerprint density at radius 1 is 1.07 bits per heavy atom. The maximum Gasteiger partial charge on any atom is 0.408 e. The third kappa shape index (κ3) is 8.15. The molecule has 154 valence electrons. The van der Waals surface area contributed by atoms with Crippen LogP contribution in [0.15, 0.2) is 0 Å². The number of rotatable bonds is 5. The van der Waals surface area contributed by atoms with Crippen LogP contribution in [-0.4, -0.2) is 67.3 Å². The maximum absolute atomic E-state index is 12.4. The van der Waals surface area contributed by atoms with Crippen LogP contribution >= 0.6 is 0 Å². The van der Waals surface area contributed by atoms with Crippen LogP contribution in [0.25, 0.3) is 0 Å². The van der Waals surface area contributed by atoms with Crippen molar-refractivity contribution in [1.82, 2.24) is 15.5 Å². The molecule has 0 spiro atoms. The van der Waals surface area contributed by atoms with E-state index in [9.17, 15) is 14.4 Å². The molecule has 2 saturated heterocycles. The van der Waals surface area contributed by atoms with Gasteiger partial charge in [-0.25, -0.2) is 4.79 Å². The second kappa shape index (κ2) is 9.92. The number of ether oxygens (including phenoxy) is 2. The number of nitrogens with one attached hydrogen (secondary N) is 2. The minimum atomic E-state index is -0.605. The summed E-state index contributed by atoms with van der Waals surface area (Å²) in [6.45, 7) is 8.01. The van der Waals surface area contributed by atoms with Gasteiger partial charge in [0.1, 0.15) is 12.1 Å². The van der Waals surface area contributed by atoms with Gasteiger partial charge in [0.25, 0.3) is 0 Å². The summed E-state index contributed by atoms with van der Waals surface area (Å²) in [4.78, 5) is 37.9. The molecule has 0 radical (unpaired) electrons. The molecule has 2 aliphatic heterocycles. The van der Waals surface area contributed by atoms with E-state index in [0.717, 1.165) is 38.9 Å². The molecule has 0 atom stereocenters. The van der Waals surface area contributed by atoms with Crippen molar-refractivity contribution in [2.45, 2.75) is 64.5 Å². The van der Waals surface area contributed by atoms with Crippen LogP contribution in [0, 0.1) is 5.92 Å². The molecule has 2 N–H and O–H groups in total. The minimum Gasteiger partial charge on any atom is -0.444 e.